The number of nitrogens with two attached hydrogens (primary N) is 1. The first kappa shape index (κ1) is 8.94. The summed E-state index contributed by atoms with van der Waals surface area (Å²) in [5.74, 6) is 0.384. The van der Waals surface area contributed by atoms with Crippen LogP contribution in [0.25, 0.3) is 10.9 Å². The molecule has 0 fully saturated rings. The number of hydrogen-bond donors (Lipinski definition) is 1. The molecule has 2 aromatic rings. The summed E-state index contributed by atoms with van der Waals surface area (Å²) < 4.78 is 0. The van der Waals surface area contributed by atoms with Crippen LogP contribution in [0, 0.1) is 0 Å². The summed E-state index contributed by atoms with van der Waals surface area (Å²) in [6, 6.07) is 3.86. The number of fused-ring (bicyclic) bond motifs is 1. The van der Waals surface area contributed by atoms with Crippen molar-refractivity contribution in [1.29, 1.82) is 0 Å². The number of pyridine rings is 2. The van der Waals surface area contributed by atoms with E-state index in [2.05, 4.69) is 23.8 Å². The van der Waals surface area contributed by atoms with Gasteiger partial charge in [-0.1, -0.05) is 13.8 Å². The Hall–Kier alpha value is -1.64. The van der Waals surface area contributed by atoms with Crippen LogP contribution in [0.15, 0.2) is 24.5 Å². The van der Waals surface area contributed by atoms with E-state index in [1.165, 1.54) is 0 Å². The standard InChI is InChI=1S/C11H13N3/c1-7(2)10-11-8(3-4-13-10)5-9(12)6-14-11/h3-7H,12H2,1-2H3. The Morgan fingerprint density at radius 1 is 1.29 bits per heavy atom. The van der Waals surface area contributed by atoms with Gasteiger partial charge in [0, 0.05) is 11.6 Å². The lowest BCUT2D eigenvalue weighted by molar-refractivity contribution is 0.831. The molecule has 14 heavy (non-hydrogen) atoms. The van der Waals surface area contributed by atoms with Crippen LogP contribution in [0.2, 0.25) is 0 Å². The van der Waals surface area contributed by atoms with Crippen molar-refractivity contribution >= 4 is 16.6 Å². The summed E-state index contributed by atoms with van der Waals surface area (Å²) in [5.41, 5.74) is 8.35. The Bertz CT molecular complexity index is 463. The molecule has 0 aliphatic carbocycles. The molecule has 72 valence electrons. The van der Waals surface area contributed by atoms with Crippen LogP contribution in [0.1, 0.15) is 25.5 Å². The van der Waals surface area contributed by atoms with Crippen LogP contribution >= 0.6 is 0 Å². The fourth-order valence-corrected chi connectivity index (χ4v) is 1.52. The SMILES string of the molecule is CC(C)c1nccc2cc(N)cnc12. The predicted molar refractivity (Wildman–Crippen MR) is 58.0 cm³/mol. The molecule has 0 bridgehead atoms. The zero-order valence-corrected chi connectivity index (χ0v) is 8.36. The maximum Gasteiger partial charge on any atom is 0.0921 e. The van der Waals surface area contributed by atoms with Gasteiger partial charge < -0.3 is 5.73 Å². The van der Waals surface area contributed by atoms with Crippen molar-refractivity contribution in [2.45, 2.75) is 19.8 Å². The normalized spacial score (nSPS) is 11.1. The Morgan fingerprint density at radius 2 is 2.07 bits per heavy atom. The van der Waals surface area contributed by atoms with Gasteiger partial charge >= 0.3 is 0 Å². The molecule has 0 saturated carbocycles. The van der Waals surface area contributed by atoms with E-state index in [4.69, 9.17) is 5.73 Å². The van der Waals surface area contributed by atoms with E-state index in [9.17, 15) is 0 Å². The molecule has 0 aliphatic heterocycles. The minimum absolute atomic E-state index is 0.384. The lowest BCUT2D eigenvalue weighted by atomic mass is 10.1. The summed E-state index contributed by atoms with van der Waals surface area (Å²) in [4.78, 5) is 8.65. The number of rotatable bonds is 1. The molecule has 0 aromatic carbocycles. The van der Waals surface area contributed by atoms with Crippen molar-refractivity contribution in [3.63, 3.8) is 0 Å². The van der Waals surface area contributed by atoms with Crippen LogP contribution < -0.4 is 5.73 Å². The summed E-state index contributed by atoms with van der Waals surface area (Å²) in [6.07, 6.45) is 3.48. The quantitative estimate of drug-likeness (QED) is 0.745. The zero-order chi connectivity index (χ0) is 10.1. The van der Waals surface area contributed by atoms with Gasteiger partial charge in [-0.05, 0) is 18.1 Å². The van der Waals surface area contributed by atoms with Crippen LogP contribution in [0.3, 0.4) is 0 Å². The topological polar surface area (TPSA) is 51.8 Å². The Balaban J connectivity index is 2.75. The Kier molecular flexibility index (Phi) is 2.08. The molecule has 0 unspecified atom stereocenters. The molecule has 2 aromatic heterocycles. The minimum atomic E-state index is 0.384. The molecule has 3 nitrogen and oxygen atoms in total. The van der Waals surface area contributed by atoms with E-state index in [0.717, 1.165) is 16.6 Å². The number of nitrogens with zero attached hydrogens (tertiary/aromatic N) is 2. The minimum Gasteiger partial charge on any atom is -0.397 e. The first-order valence-electron chi connectivity index (χ1n) is 4.68. The van der Waals surface area contributed by atoms with Crippen molar-refractivity contribution in [1.82, 2.24) is 9.97 Å². The van der Waals surface area contributed by atoms with Crippen molar-refractivity contribution < 1.29 is 0 Å². The molecule has 0 amide bonds. The maximum atomic E-state index is 5.67. The van der Waals surface area contributed by atoms with E-state index < -0.39 is 0 Å². The van der Waals surface area contributed by atoms with Gasteiger partial charge in [-0.2, -0.15) is 0 Å². The third-order valence-electron chi connectivity index (χ3n) is 2.20. The molecule has 0 radical (unpaired) electrons. The van der Waals surface area contributed by atoms with Gasteiger partial charge in [0.15, 0.2) is 0 Å². The maximum absolute atomic E-state index is 5.67. The highest BCUT2D eigenvalue weighted by Gasteiger charge is 2.07. The number of hydrogen-bond acceptors (Lipinski definition) is 3. The van der Waals surface area contributed by atoms with E-state index >= 15 is 0 Å². The predicted octanol–water partition coefficient (Wildman–Crippen LogP) is 2.34. The van der Waals surface area contributed by atoms with Crippen LogP contribution in [-0.4, -0.2) is 9.97 Å². The first-order valence-corrected chi connectivity index (χ1v) is 4.68. The van der Waals surface area contributed by atoms with Gasteiger partial charge in [-0.25, -0.2) is 0 Å². The molecular weight excluding hydrogens is 174 g/mol. The monoisotopic (exact) mass is 187 g/mol. The number of nitrogen functional groups attached to an aromatic ring is 1. The van der Waals surface area contributed by atoms with Gasteiger partial charge in [-0.3, -0.25) is 9.97 Å². The smallest absolute Gasteiger partial charge is 0.0921 e. The van der Waals surface area contributed by atoms with Gasteiger partial charge in [0.2, 0.25) is 0 Å². The molecule has 0 saturated heterocycles. The average molecular weight is 187 g/mol. The van der Waals surface area contributed by atoms with Crippen LogP contribution in [0.4, 0.5) is 5.69 Å². The fourth-order valence-electron chi connectivity index (χ4n) is 1.52. The van der Waals surface area contributed by atoms with E-state index in [-0.39, 0.29) is 0 Å². The van der Waals surface area contributed by atoms with E-state index in [0.29, 0.717) is 11.6 Å². The van der Waals surface area contributed by atoms with Crippen molar-refractivity contribution in [3.05, 3.63) is 30.2 Å². The molecule has 0 spiro atoms. The molecule has 3 heteroatoms. The van der Waals surface area contributed by atoms with Gasteiger partial charge in [0.05, 0.1) is 23.1 Å². The highest BCUT2D eigenvalue weighted by Crippen LogP contribution is 2.22. The first-order chi connectivity index (χ1) is 6.68. The third-order valence-corrected chi connectivity index (χ3v) is 2.20. The lowest BCUT2D eigenvalue weighted by Crippen LogP contribution is -1.96. The van der Waals surface area contributed by atoms with E-state index in [1.54, 1.807) is 12.4 Å². The van der Waals surface area contributed by atoms with Crippen molar-refractivity contribution in [3.8, 4) is 0 Å². The van der Waals surface area contributed by atoms with Crippen LogP contribution in [0.5, 0.6) is 0 Å². The molecular formula is C11H13N3. The molecule has 0 aliphatic rings. The van der Waals surface area contributed by atoms with Crippen molar-refractivity contribution in [2.75, 3.05) is 5.73 Å². The number of aromatic nitrogens is 2. The zero-order valence-electron chi connectivity index (χ0n) is 8.36. The fraction of sp³-hybridized carbons (Fsp3) is 0.273. The highest BCUT2D eigenvalue weighted by molar-refractivity contribution is 5.83. The average Bonchev–Trinajstić information content (AvgIpc) is 2.16. The summed E-state index contributed by atoms with van der Waals surface area (Å²) in [6.45, 7) is 4.22. The lowest BCUT2D eigenvalue weighted by Gasteiger charge is -2.07. The van der Waals surface area contributed by atoms with Gasteiger partial charge in [0.25, 0.3) is 0 Å². The number of anilines is 1. The molecule has 2 rings (SSSR count). The Morgan fingerprint density at radius 3 is 2.79 bits per heavy atom. The molecule has 2 heterocycles. The molecule has 2 N–H and O–H groups in total. The summed E-state index contributed by atoms with van der Waals surface area (Å²) in [7, 11) is 0. The third kappa shape index (κ3) is 1.41. The van der Waals surface area contributed by atoms with E-state index in [1.807, 2.05) is 12.1 Å². The van der Waals surface area contributed by atoms with Crippen molar-refractivity contribution in [2.24, 2.45) is 0 Å². The van der Waals surface area contributed by atoms with Gasteiger partial charge in [0.1, 0.15) is 0 Å². The van der Waals surface area contributed by atoms with Gasteiger partial charge in [-0.15, -0.1) is 0 Å². The second-order valence-corrected chi connectivity index (χ2v) is 3.69. The summed E-state index contributed by atoms with van der Waals surface area (Å²) >= 11 is 0. The molecule has 0 atom stereocenters. The van der Waals surface area contributed by atoms with Crippen LogP contribution in [-0.2, 0) is 0 Å². The second-order valence-electron chi connectivity index (χ2n) is 3.69. The highest BCUT2D eigenvalue weighted by atomic mass is 14.8. The summed E-state index contributed by atoms with van der Waals surface area (Å²) in [5, 5.41) is 1.06. The Labute approximate surface area is 83.0 Å². The second kappa shape index (κ2) is 3.25. The largest absolute Gasteiger partial charge is 0.397 e.